The van der Waals surface area contributed by atoms with Crippen LogP contribution >= 0.6 is 0 Å². The number of carbonyl (C=O) groups is 3. The average Bonchev–Trinajstić information content (AvgIpc) is 3.45. The van der Waals surface area contributed by atoms with E-state index in [9.17, 15) is 14.4 Å². The van der Waals surface area contributed by atoms with E-state index in [1.807, 2.05) is 42.2 Å². The minimum Gasteiger partial charge on any atom is -0.496 e. The molecule has 38 heavy (non-hydrogen) atoms. The van der Waals surface area contributed by atoms with Crippen molar-refractivity contribution in [1.82, 2.24) is 20.5 Å². The Morgan fingerprint density at radius 1 is 1.11 bits per heavy atom. The van der Waals surface area contributed by atoms with Crippen LogP contribution < -0.4 is 20.3 Å². The third-order valence-electron chi connectivity index (χ3n) is 8.15. The summed E-state index contributed by atoms with van der Waals surface area (Å²) < 4.78 is 5.37. The average molecular weight is 520 g/mol. The van der Waals surface area contributed by atoms with Crippen molar-refractivity contribution in [3.63, 3.8) is 0 Å². The molecule has 3 aliphatic rings. The van der Waals surface area contributed by atoms with Crippen LogP contribution in [0.1, 0.15) is 71.2 Å². The van der Waals surface area contributed by atoms with Crippen molar-refractivity contribution >= 4 is 23.5 Å². The van der Waals surface area contributed by atoms with Gasteiger partial charge in [-0.1, -0.05) is 6.07 Å². The molecule has 0 unspecified atom stereocenters. The Labute approximate surface area is 223 Å². The number of piperidine rings is 1. The summed E-state index contributed by atoms with van der Waals surface area (Å²) in [7, 11) is 1.62. The van der Waals surface area contributed by atoms with Crippen molar-refractivity contribution in [3.8, 4) is 5.75 Å². The Kier molecular flexibility index (Phi) is 7.81. The quantitative estimate of drug-likeness (QED) is 0.494. The fraction of sp³-hybridized carbons (Fsp3) is 0.517. The van der Waals surface area contributed by atoms with Gasteiger partial charge in [0.05, 0.1) is 12.7 Å². The number of aromatic nitrogens is 1. The summed E-state index contributed by atoms with van der Waals surface area (Å²) in [5, 5.41) is 6.19. The lowest BCUT2D eigenvalue weighted by Crippen LogP contribution is -2.50. The van der Waals surface area contributed by atoms with E-state index < -0.39 is 0 Å². The number of anilines is 1. The number of hydrogen-bond acceptors (Lipinski definition) is 6. The number of carbonyl (C=O) groups excluding carboxylic acids is 3. The van der Waals surface area contributed by atoms with E-state index in [1.54, 1.807) is 13.3 Å². The van der Waals surface area contributed by atoms with Crippen molar-refractivity contribution in [1.29, 1.82) is 0 Å². The summed E-state index contributed by atoms with van der Waals surface area (Å²) in [6, 6.07) is 10.1. The number of fused-ring (bicyclic) bond motifs is 2. The lowest BCUT2D eigenvalue weighted by atomic mass is 9.96. The first-order valence-electron chi connectivity index (χ1n) is 13.7. The number of nitrogens with one attached hydrogen (secondary N) is 2. The highest BCUT2D eigenvalue weighted by Gasteiger charge is 2.42. The predicted octanol–water partition coefficient (Wildman–Crippen LogP) is 3.07. The maximum absolute atomic E-state index is 13.0. The molecule has 3 atom stereocenters. The zero-order valence-corrected chi connectivity index (χ0v) is 22.2. The van der Waals surface area contributed by atoms with Crippen LogP contribution in [-0.4, -0.2) is 72.5 Å². The van der Waals surface area contributed by atoms with Crippen LogP contribution in [0.2, 0.25) is 0 Å². The SMILES string of the molecule is COc1cccc(C(=O)N[C@H]2C[C@H]3CC[C@@H](C2)N3c2ccc(C(=O)NCCCN3CCCC3=O)cn2)c1C. The monoisotopic (exact) mass is 519 g/mol. The molecule has 9 nitrogen and oxygen atoms in total. The lowest BCUT2D eigenvalue weighted by molar-refractivity contribution is -0.127. The molecule has 1 aromatic heterocycles. The van der Waals surface area contributed by atoms with Crippen molar-refractivity contribution in [2.45, 2.75) is 70.0 Å². The molecule has 2 bridgehead atoms. The van der Waals surface area contributed by atoms with Crippen molar-refractivity contribution in [3.05, 3.63) is 53.2 Å². The molecule has 4 heterocycles. The molecular formula is C29H37N5O4. The van der Waals surface area contributed by atoms with Crippen LogP contribution in [0, 0.1) is 6.92 Å². The highest BCUT2D eigenvalue weighted by molar-refractivity contribution is 5.96. The van der Waals surface area contributed by atoms with Gasteiger partial charge in [-0.25, -0.2) is 4.98 Å². The molecule has 2 N–H and O–H groups in total. The highest BCUT2D eigenvalue weighted by atomic mass is 16.5. The van der Waals surface area contributed by atoms with Crippen LogP contribution in [0.25, 0.3) is 0 Å². The minimum absolute atomic E-state index is 0.0558. The standard InChI is InChI=1S/C29H37N5O4/c1-19-24(6-3-7-25(19)38-2)29(37)32-21-16-22-10-11-23(17-21)34(22)26-12-9-20(18-31-26)28(36)30-13-5-15-33-14-4-8-27(33)35/h3,6-7,9,12,18,21-23H,4-5,8,10-11,13-17H2,1-2H3,(H,30,36)(H,32,37)/t21-,22+,23-. The largest absolute Gasteiger partial charge is 0.496 e. The van der Waals surface area contributed by atoms with Gasteiger partial charge in [-0.15, -0.1) is 0 Å². The van der Waals surface area contributed by atoms with E-state index in [1.165, 1.54) is 0 Å². The smallest absolute Gasteiger partial charge is 0.252 e. The summed E-state index contributed by atoms with van der Waals surface area (Å²) in [6.45, 7) is 3.95. The second-order valence-corrected chi connectivity index (χ2v) is 10.6. The van der Waals surface area contributed by atoms with E-state index >= 15 is 0 Å². The van der Waals surface area contributed by atoms with Crippen LogP contribution in [0.15, 0.2) is 36.5 Å². The first-order valence-corrected chi connectivity index (χ1v) is 13.7. The first-order chi connectivity index (χ1) is 18.4. The van der Waals surface area contributed by atoms with Gasteiger partial charge in [0.1, 0.15) is 11.6 Å². The molecule has 3 saturated heterocycles. The van der Waals surface area contributed by atoms with Crippen LogP contribution in [0.3, 0.4) is 0 Å². The van der Waals surface area contributed by atoms with E-state index in [2.05, 4.69) is 20.5 Å². The van der Waals surface area contributed by atoms with Crippen LogP contribution in [0.5, 0.6) is 5.75 Å². The molecular weight excluding hydrogens is 482 g/mol. The second kappa shape index (κ2) is 11.4. The van der Waals surface area contributed by atoms with Gasteiger partial charge in [0.15, 0.2) is 0 Å². The fourth-order valence-corrected chi connectivity index (χ4v) is 6.20. The summed E-state index contributed by atoms with van der Waals surface area (Å²) in [5.74, 6) is 1.61. The van der Waals surface area contributed by atoms with Gasteiger partial charge in [-0.05, 0) is 69.7 Å². The number of amides is 3. The van der Waals surface area contributed by atoms with Crippen LogP contribution in [-0.2, 0) is 4.79 Å². The van der Waals surface area contributed by atoms with Crippen molar-refractivity contribution < 1.29 is 19.1 Å². The maximum atomic E-state index is 13.0. The van der Waals surface area contributed by atoms with Gasteiger partial charge in [0.2, 0.25) is 5.91 Å². The predicted molar refractivity (Wildman–Crippen MR) is 145 cm³/mol. The molecule has 2 aromatic rings. The molecule has 0 radical (unpaired) electrons. The molecule has 3 aliphatic heterocycles. The molecule has 202 valence electrons. The number of rotatable bonds is 9. The van der Waals surface area contributed by atoms with Gasteiger partial charge in [-0.3, -0.25) is 14.4 Å². The molecule has 1 aromatic carbocycles. The third kappa shape index (κ3) is 5.47. The summed E-state index contributed by atoms with van der Waals surface area (Å²) >= 11 is 0. The molecule has 0 saturated carbocycles. The minimum atomic E-state index is -0.144. The number of likely N-dealkylation sites (tertiary alicyclic amines) is 1. The fourth-order valence-electron chi connectivity index (χ4n) is 6.20. The molecule has 0 aliphatic carbocycles. The van der Waals surface area contributed by atoms with Gasteiger partial charge in [0, 0.05) is 61.5 Å². The van der Waals surface area contributed by atoms with Crippen molar-refractivity contribution in [2.24, 2.45) is 0 Å². The van der Waals surface area contributed by atoms with E-state index in [0.717, 1.165) is 56.5 Å². The number of benzene rings is 1. The molecule has 3 fully saturated rings. The maximum Gasteiger partial charge on any atom is 0.252 e. The van der Waals surface area contributed by atoms with E-state index in [0.29, 0.717) is 48.5 Å². The normalized spacial score (nSPS) is 22.5. The van der Waals surface area contributed by atoms with Gasteiger partial charge >= 0.3 is 0 Å². The number of pyridine rings is 1. The van der Waals surface area contributed by atoms with Crippen LogP contribution in [0.4, 0.5) is 5.82 Å². The Hall–Kier alpha value is -3.62. The van der Waals surface area contributed by atoms with E-state index in [4.69, 9.17) is 4.74 Å². The Morgan fingerprint density at radius 2 is 1.89 bits per heavy atom. The number of hydrogen-bond donors (Lipinski definition) is 2. The number of methoxy groups -OCH3 is 1. The zero-order valence-electron chi connectivity index (χ0n) is 22.2. The number of ether oxygens (including phenoxy) is 1. The third-order valence-corrected chi connectivity index (χ3v) is 8.15. The molecule has 0 spiro atoms. The topological polar surface area (TPSA) is 104 Å². The van der Waals surface area contributed by atoms with Crippen molar-refractivity contribution in [2.75, 3.05) is 31.6 Å². The first kappa shape index (κ1) is 26.0. The van der Waals surface area contributed by atoms with Gasteiger partial charge < -0.3 is 25.2 Å². The molecule has 9 heteroatoms. The Bertz CT molecular complexity index is 1170. The molecule has 5 rings (SSSR count). The zero-order chi connectivity index (χ0) is 26.6. The summed E-state index contributed by atoms with van der Waals surface area (Å²) in [6.07, 6.45) is 7.84. The Balaban J connectivity index is 1.13. The van der Waals surface area contributed by atoms with Gasteiger partial charge in [0.25, 0.3) is 11.8 Å². The molecule has 3 amide bonds. The Morgan fingerprint density at radius 3 is 2.55 bits per heavy atom. The highest BCUT2D eigenvalue weighted by Crippen LogP contribution is 2.38. The lowest BCUT2D eigenvalue weighted by Gasteiger charge is -2.40. The summed E-state index contributed by atoms with van der Waals surface area (Å²) in [4.78, 5) is 46.2. The van der Waals surface area contributed by atoms with Gasteiger partial charge in [-0.2, -0.15) is 0 Å². The number of nitrogens with zero attached hydrogens (tertiary/aromatic N) is 3. The summed E-state index contributed by atoms with van der Waals surface area (Å²) in [5.41, 5.74) is 2.04. The second-order valence-electron chi connectivity index (χ2n) is 10.6. The van der Waals surface area contributed by atoms with E-state index in [-0.39, 0.29) is 23.8 Å².